The summed E-state index contributed by atoms with van der Waals surface area (Å²) < 4.78 is 13.9. The Morgan fingerprint density at radius 2 is 1.86 bits per heavy atom. The molecule has 176 valence electrons. The van der Waals surface area contributed by atoms with E-state index in [0.29, 0.717) is 6.42 Å². The van der Waals surface area contributed by atoms with E-state index in [4.69, 9.17) is 14.6 Å². The maximum Gasteiger partial charge on any atom is 0.314 e. The molecule has 2 atom stereocenters. The molecule has 6 rings (SSSR count). The van der Waals surface area contributed by atoms with Gasteiger partial charge in [0.1, 0.15) is 11.5 Å². The van der Waals surface area contributed by atoms with Gasteiger partial charge in [0, 0.05) is 20.9 Å². The van der Waals surface area contributed by atoms with Crippen LogP contribution in [0.3, 0.4) is 0 Å². The minimum Gasteiger partial charge on any atom is -0.497 e. The lowest BCUT2D eigenvalue weighted by atomic mass is 9.95. The minimum atomic E-state index is -1.23. The van der Waals surface area contributed by atoms with E-state index in [1.165, 1.54) is 0 Å². The van der Waals surface area contributed by atoms with Crippen molar-refractivity contribution in [3.05, 3.63) is 97.3 Å². The normalized spacial score (nSPS) is 23.6. The molecule has 0 bridgehead atoms. The molecule has 0 aromatic heterocycles. The maximum absolute atomic E-state index is 12.8. The Kier molecular flexibility index (Phi) is 5.66. The molecule has 3 heterocycles. The summed E-state index contributed by atoms with van der Waals surface area (Å²) in [5.41, 5.74) is 3.91. The van der Waals surface area contributed by atoms with Crippen LogP contribution >= 0.6 is 43.6 Å². The molecule has 1 saturated heterocycles. The standard InChI is InChI=1S/C26H19Br2N3O3S/c1-33-19-9-4-16(5-10-19)21-14-22-20-13-18(28)8-11-23(20)34-26(31(22)30-21)24(35-25(32)29-26)12-15-2-6-17(27)7-3-15/h2-13,22H,14H2,1H3,(H,29,32)/b24-12-/t22-,26-/m0/s1. The number of benzene rings is 3. The SMILES string of the molecule is COc1ccc(C2=NN3[C@@H](C2)c2cc(Br)ccc2O[C@@]32NC(=O)S/C2=C\c2ccc(Br)cc2)cc1. The van der Waals surface area contributed by atoms with Crippen molar-refractivity contribution in [2.45, 2.75) is 18.3 Å². The van der Waals surface area contributed by atoms with Gasteiger partial charge < -0.3 is 9.47 Å². The molecule has 0 radical (unpaired) electrons. The third kappa shape index (κ3) is 3.95. The van der Waals surface area contributed by atoms with Gasteiger partial charge in [-0.2, -0.15) is 5.10 Å². The largest absolute Gasteiger partial charge is 0.497 e. The monoisotopic (exact) mass is 611 g/mol. The summed E-state index contributed by atoms with van der Waals surface area (Å²) in [6, 6.07) is 21.6. The highest BCUT2D eigenvalue weighted by molar-refractivity contribution is 9.10. The molecule has 1 N–H and O–H groups in total. The first-order valence-electron chi connectivity index (χ1n) is 10.9. The van der Waals surface area contributed by atoms with Gasteiger partial charge in [-0.3, -0.25) is 10.1 Å². The van der Waals surface area contributed by atoms with Crippen LogP contribution in [0.2, 0.25) is 0 Å². The van der Waals surface area contributed by atoms with Gasteiger partial charge in [-0.1, -0.05) is 44.0 Å². The van der Waals surface area contributed by atoms with E-state index in [1.807, 2.05) is 71.7 Å². The van der Waals surface area contributed by atoms with Crippen LogP contribution in [0.25, 0.3) is 6.08 Å². The number of ether oxygens (including phenoxy) is 2. The van der Waals surface area contributed by atoms with Gasteiger partial charge in [-0.25, -0.2) is 5.01 Å². The number of hydrazone groups is 1. The molecule has 0 unspecified atom stereocenters. The summed E-state index contributed by atoms with van der Waals surface area (Å²) >= 11 is 8.21. The number of methoxy groups -OCH3 is 1. The summed E-state index contributed by atoms with van der Waals surface area (Å²) in [5, 5.41) is 9.84. The number of hydrogen-bond donors (Lipinski definition) is 1. The third-order valence-electron chi connectivity index (χ3n) is 6.22. The lowest BCUT2D eigenvalue weighted by Crippen LogP contribution is -2.61. The van der Waals surface area contributed by atoms with Crippen LogP contribution in [-0.2, 0) is 0 Å². The first-order chi connectivity index (χ1) is 16.9. The average molecular weight is 613 g/mol. The highest BCUT2D eigenvalue weighted by atomic mass is 79.9. The molecular weight excluding hydrogens is 594 g/mol. The summed E-state index contributed by atoms with van der Waals surface area (Å²) in [7, 11) is 1.65. The fourth-order valence-electron chi connectivity index (χ4n) is 4.56. The number of nitrogens with one attached hydrogen (secondary N) is 1. The lowest BCUT2D eigenvalue weighted by Gasteiger charge is -2.45. The van der Waals surface area contributed by atoms with Crippen molar-refractivity contribution < 1.29 is 14.3 Å². The van der Waals surface area contributed by atoms with Gasteiger partial charge in [-0.05, 0) is 83.6 Å². The Labute approximate surface area is 223 Å². The van der Waals surface area contributed by atoms with E-state index in [2.05, 4.69) is 43.2 Å². The molecule has 1 amide bonds. The summed E-state index contributed by atoms with van der Waals surface area (Å²) in [4.78, 5) is 13.5. The molecule has 3 aliphatic heterocycles. The fourth-order valence-corrected chi connectivity index (χ4v) is 6.11. The van der Waals surface area contributed by atoms with Crippen molar-refractivity contribution in [1.29, 1.82) is 0 Å². The number of nitrogens with zero attached hydrogens (tertiary/aromatic N) is 2. The van der Waals surface area contributed by atoms with Gasteiger partial charge >= 0.3 is 5.85 Å². The zero-order valence-electron chi connectivity index (χ0n) is 18.5. The highest BCUT2D eigenvalue weighted by Crippen LogP contribution is 2.53. The Bertz CT molecular complexity index is 1390. The van der Waals surface area contributed by atoms with Crippen LogP contribution in [0.1, 0.15) is 29.2 Å². The zero-order chi connectivity index (χ0) is 24.2. The van der Waals surface area contributed by atoms with E-state index in [1.54, 1.807) is 7.11 Å². The van der Waals surface area contributed by atoms with Gasteiger partial charge in [0.2, 0.25) is 0 Å². The van der Waals surface area contributed by atoms with Crippen molar-refractivity contribution in [2.24, 2.45) is 5.10 Å². The first-order valence-corrected chi connectivity index (χ1v) is 13.3. The Morgan fingerprint density at radius 3 is 2.60 bits per heavy atom. The highest BCUT2D eigenvalue weighted by Gasteiger charge is 2.58. The molecule has 3 aromatic rings. The molecule has 0 aliphatic carbocycles. The quantitative estimate of drug-likeness (QED) is 0.348. The van der Waals surface area contributed by atoms with Crippen LogP contribution < -0.4 is 14.8 Å². The van der Waals surface area contributed by atoms with Crippen molar-refractivity contribution >= 4 is 60.6 Å². The molecule has 0 saturated carbocycles. The minimum absolute atomic E-state index is 0.110. The van der Waals surface area contributed by atoms with Crippen LogP contribution in [0.4, 0.5) is 4.79 Å². The number of fused-ring (bicyclic) bond motifs is 4. The molecule has 1 fully saturated rings. The average Bonchev–Trinajstić information content (AvgIpc) is 3.44. The number of hydrogen-bond acceptors (Lipinski definition) is 6. The molecule has 1 spiro atoms. The van der Waals surface area contributed by atoms with E-state index in [-0.39, 0.29) is 11.3 Å². The molecule has 3 aliphatic rings. The number of halogens is 2. The Hall–Kier alpha value is -2.75. The lowest BCUT2D eigenvalue weighted by molar-refractivity contribution is -0.0949. The number of carbonyl (C=O) groups is 1. The van der Waals surface area contributed by atoms with Gasteiger partial charge in [-0.15, -0.1) is 0 Å². The van der Waals surface area contributed by atoms with Gasteiger partial charge in [0.25, 0.3) is 5.24 Å². The summed E-state index contributed by atoms with van der Waals surface area (Å²) in [5.74, 6) is 0.289. The molecule has 6 nitrogen and oxygen atoms in total. The second kappa shape index (κ2) is 8.72. The number of amides is 1. The zero-order valence-corrected chi connectivity index (χ0v) is 22.5. The number of carbonyl (C=O) groups excluding carboxylic acids is 1. The van der Waals surface area contributed by atoms with E-state index in [0.717, 1.165) is 59.5 Å². The van der Waals surface area contributed by atoms with Crippen LogP contribution in [-0.4, -0.2) is 28.9 Å². The van der Waals surface area contributed by atoms with Crippen LogP contribution in [0.15, 0.2) is 85.7 Å². The van der Waals surface area contributed by atoms with Crippen molar-refractivity contribution in [3.63, 3.8) is 0 Å². The summed E-state index contributed by atoms with van der Waals surface area (Å²) in [6.45, 7) is 0. The maximum atomic E-state index is 12.8. The van der Waals surface area contributed by atoms with Crippen molar-refractivity contribution in [3.8, 4) is 11.5 Å². The van der Waals surface area contributed by atoms with Crippen LogP contribution in [0, 0.1) is 0 Å². The molecule has 35 heavy (non-hydrogen) atoms. The second-order valence-corrected chi connectivity index (χ2v) is 11.2. The van der Waals surface area contributed by atoms with Gasteiger partial charge in [0.05, 0.1) is 23.8 Å². The topological polar surface area (TPSA) is 63.2 Å². The molecule has 9 heteroatoms. The third-order valence-corrected chi connectivity index (χ3v) is 8.14. The summed E-state index contributed by atoms with van der Waals surface area (Å²) in [6.07, 6.45) is 2.66. The fraction of sp³-hybridized carbons (Fsp3) is 0.154. The molecule has 3 aromatic carbocycles. The second-order valence-electron chi connectivity index (χ2n) is 8.34. The van der Waals surface area contributed by atoms with Crippen molar-refractivity contribution in [1.82, 2.24) is 10.3 Å². The van der Waals surface area contributed by atoms with Crippen LogP contribution in [0.5, 0.6) is 11.5 Å². The smallest absolute Gasteiger partial charge is 0.314 e. The number of thioether (sulfide) groups is 1. The number of rotatable bonds is 3. The Morgan fingerprint density at radius 1 is 1.11 bits per heavy atom. The van der Waals surface area contributed by atoms with E-state index < -0.39 is 5.85 Å². The Balaban J connectivity index is 1.49. The van der Waals surface area contributed by atoms with E-state index >= 15 is 0 Å². The predicted octanol–water partition coefficient (Wildman–Crippen LogP) is 6.92. The molecular formula is C26H19Br2N3O3S. The van der Waals surface area contributed by atoms with E-state index in [9.17, 15) is 4.79 Å². The first kappa shape index (κ1) is 22.7. The van der Waals surface area contributed by atoms with Crippen molar-refractivity contribution in [2.75, 3.05) is 7.11 Å². The van der Waals surface area contributed by atoms with Gasteiger partial charge in [0.15, 0.2) is 0 Å². The predicted molar refractivity (Wildman–Crippen MR) is 144 cm³/mol.